The highest BCUT2D eigenvalue weighted by Crippen LogP contribution is 2.19. The number of aliphatic hydroxyl groups excluding tert-OH is 1. The molecule has 2 N–H and O–H groups in total. The SMILES string of the molecule is O=C(O)CN1C=CC=C(I)C1O. The van der Waals surface area contributed by atoms with E-state index in [1.165, 1.54) is 4.90 Å². The molecule has 0 aromatic rings. The van der Waals surface area contributed by atoms with Gasteiger partial charge in [0.2, 0.25) is 0 Å². The number of carbonyl (C=O) groups is 1. The average molecular weight is 281 g/mol. The van der Waals surface area contributed by atoms with Gasteiger partial charge in [-0.2, -0.15) is 0 Å². The summed E-state index contributed by atoms with van der Waals surface area (Å²) >= 11 is 1.97. The first-order valence-corrected chi connectivity index (χ1v) is 4.38. The first kappa shape index (κ1) is 9.53. The number of rotatable bonds is 2. The van der Waals surface area contributed by atoms with Crippen molar-refractivity contribution in [2.75, 3.05) is 6.54 Å². The molecule has 0 amide bonds. The molecule has 1 atom stereocenters. The van der Waals surface area contributed by atoms with E-state index in [1.807, 2.05) is 22.6 Å². The first-order valence-electron chi connectivity index (χ1n) is 3.31. The summed E-state index contributed by atoms with van der Waals surface area (Å²) in [5.74, 6) is -0.954. The number of allylic oxidation sites excluding steroid dienone is 2. The smallest absolute Gasteiger partial charge is 0.323 e. The maximum Gasteiger partial charge on any atom is 0.323 e. The van der Waals surface area contributed by atoms with Crippen LogP contribution in [0.15, 0.2) is 21.9 Å². The van der Waals surface area contributed by atoms with Gasteiger partial charge < -0.3 is 15.1 Å². The standard InChI is InChI=1S/C7H8INO3/c8-5-2-1-3-9(7(5)12)4-6(10)11/h1-3,7,12H,4H2,(H,10,11). The van der Waals surface area contributed by atoms with Gasteiger partial charge in [-0.3, -0.25) is 4.79 Å². The van der Waals surface area contributed by atoms with Gasteiger partial charge in [0.15, 0.2) is 6.23 Å². The molecular weight excluding hydrogens is 273 g/mol. The third kappa shape index (κ3) is 2.21. The normalized spacial score (nSPS) is 22.3. The Morgan fingerprint density at radius 1 is 1.75 bits per heavy atom. The molecule has 1 heterocycles. The molecule has 12 heavy (non-hydrogen) atoms. The second kappa shape index (κ2) is 3.90. The lowest BCUT2D eigenvalue weighted by Gasteiger charge is -2.26. The Kier molecular flexibility index (Phi) is 3.10. The second-order valence-corrected chi connectivity index (χ2v) is 3.58. The molecule has 0 fully saturated rings. The van der Waals surface area contributed by atoms with E-state index in [1.54, 1.807) is 18.4 Å². The van der Waals surface area contributed by atoms with Crippen LogP contribution in [0.1, 0.15) is 0 Å². The van der Waals surface area contributed by atoms with Crippen molar-refractivity contribution in [2.45, 2.75) is 6.23 Å². The van der Waals surface area contributed by atoms with Crippen molar-refractivity contribution in [2.24, 2.45) is 0 Å². The molecule has 1 unspecified atom stereocenters. The van der Waals surface area contributed by atoms with Crippen LogP contribution in [-0.2, 0) is 4.79 Å². The van der Waals surface area contributed by atoms with Gasteiger partial charge in [-0.25, -0.2) is 0 Å². The molecule has 1 aliphatic heterocycles. The summed E-state index contributed by atoms with van der Waals surface area (Å²) in [5.41, 5.74) is 0. The van der Waals surface area contributed by atoms with E-state index in [4.69, 9.17) is 5.11 Å². The van der Waals surface area contributed by atoms with Crippen LogP contribution in [0.3, 0.4) is 0 Å². The molecule has 5 heteroatoms. The maximum absolute atomic E-state index is 10.3. The van der Waals surface area contributed by atoms with Crippen molar-refractivity contribution in [1.82, 2.24) is 4.90 Å². The van der Waals surface area contributed by atoms with Crippen molar-refractivity contribution in [3.8, 4) is 0 Å². The van der Waals surface area contributed by atoms with Crippen molar-refractivity contribution in [3.05, 3.63) is 21.9 Å². The Labute approximate surface area is 83.3 Å². The quantitative estimate of drug-likeness (QED) is 0.725. The largest absolute Gasteiger partial charge is 0.480 e. The van der Waals surface area contributed by atoms with E-state index < -0.39 is 12.2 Å². The summed E-state index contributed by atoms with van der Waals surface area (Å²) < 4.78 is 0.719. The first-order chi connectivity index (χ1) is 5.61. The Bertz CT molecular complexity index is 249. The lowest BCUT2D eigenvalue weighted by atomic mass is 10.3. The number of nitrogens with zero attached hydrogens (tertiary/aromatic N) is 1. The topological polar surface area (TPSA) is 60.8 Å². The lowest BCUT2D eigenvalue weighted by Crippen LogP contribution is -2.36. The summed E-state index contributed by atoms with van der Waals surface area (Å²) in [7, 11) is 0. The van der Waals surface area contributed by atoms with Crippen molar-refractivity contribution in [1.29, 1.82) is 0 Å². The van der Waals surface area contributed by atoms with Crippen LogP contribution in [0.5, 0.6) is 0 Å². The molecule has 0 saturated carbocycles. The van der Waals surface area contributed by atoms with Crippen molar-refractivity contribution < 1.29 is 15.0 Å². The summed E-state index contributed by atoms with van der Waals surface area (Å²) in [6.07, 6.45) is 4.19. The molecule has 1 aliphatic rings. The Hall–Kier alpha value is -0.560. The molecule has 0 aliphatic carbocycles. The number of aliphatic hydroxyl groups is 1. The monoisotopic (exact) mass is 281 g/mol. The minimum Gasteiger partial charge on any atom is -0.480 e. The minimum absolute atomic E-state index is 0.183. The highest BCUT2D eigenvalue weighted by molar-refractivity contribution is 14.1. The average Bonchev–Trinajstić information content (AvgIpc) is 1.98. The van der Waals surface area contributed by atoms with E-state index in [0.29, 0.717) is 0 Å². The number of carboxylic acids is 1. The summed E-state index contributed by atoms with van der Waals surface area (Å²) in [6, 6.07) is 0. The number of aliphatic carboxylic acids is 1. The van der Waals surface area contributed by atoms with Gasteiger partial charge in [-0.1, -0.05) is 0 Å². The zero-order chi connectivity index (χ0) is 9.14. The third-order valence-electron chi connectivity index (χ3n) is 1.41. The molecular formula is C7H8INO3. The maximum atomic E-state index is 10.3. The highest BCUT2D eigenvalue weighted by atomic mass is 127. The minimum atomic E-state index is -0.954. The van der Waals surface area contributed by atoms with Crippen molar-refractivity contribution >= 4 is 28.6 Å². The molecule has 66 valence electrons. The molecule has 4 nitrogen and oxygen atoms in total. The molecule has 0 spiro atoms. The molecule has 0 radical (unpaired) electrons. The van der Waals surface area contributed by atoms with Crippen LogP contribution in [-0.4, -0.2) is 33.9 Å². The number of hydrogen-bond donors (Lipinski definition) is 2. The third-order valence-corrected chi connectivity index (χ3v) is 2.33. The lowest BCUT2D eigenvalue weighted by molar-refractivity contribution is -0.139. The van der Waals surface area contributed by atoms with Gasteiger partial charge >= 0.3 is 5.97 Å². The van der Waals surface area contributed by atoms with E-state index in [0.717, 1.165) is 3.58 Å². The van der Waals surface area contributed by atoms with Gasteiger partial charge in [0.25, 0.3) is 0 Å². The van der Waals surface area contributed by atoms with Gasteiger partial charge in [0.05, 0.1) is 0 Å². The van der Waals surface area contributed by atoms with Crippen LogP contribution in [0.4, 0.5) is 0 Å². The van der Waals surface area contributed by atoms with Crippen LogP contribution >= 0.6 is 22.6 Å². The summed E-state index contributed by atoms with van der Waals surface area (Å²) in [5, 5.41) is 17.9. The van der Waals surface area contributed by atoms with E-state index >= 15 is 0 Å². The zero-order valence-electron chi connectivity index (χ0n) is 6.14. The fraction of sp³-hybridized carbons (Fsp3) is 0.286. The highest BCUT2D eigenvalue weighted by Gasteiger charge is 2.19. The fourth-order valence-corrected chi connectivity index (χ4v) is 1.43. The Morgan fingerprint density at radius 2 is 2.42 bits per heavy atom. The molecule has 0 aromatic heterocycles. The predicted molar refractivity (Wildman–Crippen MR) is 51.6 cm³/mol. The predicted octanol–water partition coefficient (Wildman–Crippen LogP) is 0.538. The summed E-state index contributed by atoms with van der Waals surface area (Å²) in [4.78, 5) is 11.7. The zero-order valence-corrected chi connectivity index (χ0v) is 8.30. The number of carboxylic acid groups (broad SMARTS) is 1. The summed E-state index contributed by atoms with van der Waals surface area (Å²) in [6.45, 7) is -0.183. The molecule has 0 aromatic carbocycles. The fourth-order valence-electron chi connectivity index (χ4n) is 0.867. The van der Waals surface area contributed by atoms with Crippen LogP contribution in [0.2, 0.25) is 0 Å². The van der Waals surface area contributed by atoms with Crippen molar-refractivity contribution in [3.63, 3.8) is 0 Å². The molecule has 1 rings (SSSR count). The Balaban J connectivity index is 2.63. The van der Waals surface area contributed by atoms with Crippen LogP contribution < -0.4 is 0 Å². The van der Waals surface area contributed by atoms with Crippen LogP contribution in [0, 0.1) is 0 Å². The van der Waals surface area contributed by atoms with Crippen LogP contribution in [0.25, 0.3) is 0 Å². The molecule has 0 bridgehead atoms. The van der Waals surface area contributed by atoms with E-state index in [-0.39, 0.29) is 6.54 Å². The van der Waals surface area contributed by atoms with Gasteiger partial charge in [-0.05, 0) is 34.7 Å². The van der Waals surface area contributed by atoms with Gasteiger partial charge in [0, 0.05) is 9.78 Å². The number of hydrogen-bond acceptors (Lipinski definition) is 3. The molecule has 0 saturated heterocycles. The van der Waals surface area contributed by atoms with Gasteiger partial charge in [0.1, 0.15) is 6.54 Å². The second-order valence-electron chi connectivity index (χ2n) is 2.33. The Morgan fingerprint density at radius 3 is 3.00 bits per heavy atom. The number of halogens is 1. The van der Waals surface area contributed by atoms with E-state index in [9.17, 15) is 9.90 Å². The van der Waals surface area contributed by atoms with Gasteiger partial charge in [-0.15, -0.1) is 0 Å². The van der Waals surface area contributed by atoms with E-state index in [2.05, 4.69) is 0 Å².